The Morgan fingerprint density at radius 2 is 1.63 bits per heavy atom. The SMILES string of the molecule is C[C@H](NC(=O)c1cccc(C(C)(C)C)c1)C(=O)Nc1nc(-c2cccc(-c3ccncc3)c2)cs1. The molecule has 0 saturated heterocycles. The molecule has 0 aliphatic heterocycles. The van der Waals surface area contributed by atoms with Gasteiger partial charge in [0.15, 0.2) is 5.13 Å². The molecule has 7 heteroatoms. The van der Waals surface area contributed by atoms with Crippen LogP contribution in [0.4, 0.5) is 5.13 Å². The number of carbonyl (C=O) groups is 2. The minimum atomic E-state index is -0.719. The van der Waals surface area contributed by atoms with Crippen LogP contribution in [0.2, 0.25) is 0 Å². The summed E-state index contributed by atoms with van der Waals surface area (Å²) in [5, 5.41) is 7.98. The van der Waals surface area contributed by atoms with Gasteiger partial charge in [0.1, 0.15) is 6.04 Å². The van der Waals surface area contributed by atoms with Crippen LogP contribution in [0.15, 0.2) is 78.4 Å². The van der Waals surface area contributed by atoms with E-state index >= 15 is 0 Å². The van der Waals surface area contributed by atoms with E-state index in [-0.39, 0.29) is 17.2 Å². The molecule has 0 radical (unpaired) electrons. The van der Waals surface area contributed by atoms with Crippen molar-refractivity contribution in [1.29, 1.82) is 0 Å². The molecule has 0 spiro atoms. The summed E-state index contributed by atoms with van der Waals surface area (Å²) in [6.07, 6.45) is 3.53. The van der Waals surface area contributed by atoms with Crippen molar-refractivity contribution < 1.29 is 9.59 Å². The molecule has 0 bridgehead atoms. The van der Waals surface area contributed by atoms with Gasteiger partial charge in [0, 0.05) is 28.9 Å². The Morgan fingerprint density at radius 1 is 0.914 bits per heavy atom. The van der Waals surface area contributed by atoms with E-state index in [4.69, 9.17) is 0 Å². The molecule has 0 aliphatic carbocycles. The number of anilines is 1. The van der Waals surface area contributed by atoms with Crippen LogP contribution in [0.5, 0.6) is 0 Å². The fraction of sp³-hybridized carbons (Fsp3) is 0.214. The largest absolute Gasteiger partial charge is 0.341 e. The third-order valence-corrected chi connectivity index (χ3v) is 6.40. The van der Waals surface area contributed by atoms with Gasteiger partial charge in [-0.25, -0.2) is 4.98 Å². The summed E-state index contributed by atoms with van der Waals surface area (Å²) < 4.78 is 0. The second-order valence-corrected chi connectivity index (χ2v) is 10.2. The average molecular weight is 485 g/mol. The zero-order chi connectivity index (χ0) is 25.0. The number of benzene rings is 2. The molecule has 2 amide bonds. The van der Waals surface area contributed by atoms with Crippen molar-refractivity contribution in [1.82, 2.24) is 15.3 Å². The van der Waals surface area contributed by atoms with E-state index < -0.39 is 6.04 Å². The molecule has 178 valence electrons. The molecular formula is C28H28N4O2S. The lowest BCUT2D eigenvalue weighted by molar-refractivity contribution is -0.117. The molecule has 2 aromatic carbocycles. The highest BCUT2D eigenvalue weighted by Crippen LogP contribution is 2.29. The Morgan fingerprint density at radius 3 is 2.37 bits per heavy atom. The zero-order valence-electron chi connectivity index (χ0n) is 20.2. The zero-order valence-corrected chi connectivity index (χ0v) is 21.0. The van der Waals surface area contributed by atoms with E-state index in [1.807, 2.05) is 53.9 Å². The van der Waals surface area contributed by atoms with Crippen molar-refractivity contribution >= 4 is 28.3 Å². The average Bonchev–Trinajstić information content (AvgIpc) is 3.32. The summed E-state index contributed by atoms with van der Waals surface area (Å²) in [6, 6.07) is 18.7. The Labute approximate surface area is 209 Å². The van der Waals surface area contributed by atoms with Crippen molar-refractivity contribution in [2.24, 2.45) is 0 Å². The molecule has 0 fully saturated rings. The summed E-state index contributed by atoms with van der Waals surface area (Å²) in [7, 11) is 0. The van der Waals surface area contributed by atoms with E-state index in [2.05, 4.69) is 47.4 Å². The summed E-state index contributed by atoms with van der Waals surface area (Å²) in [5.41, 5.74) is 5.39. The number of hydrogen-bond donors (Lipinski definition) is 2. The lowest BCUT2D eigenvalue weighted by Crippen LogP contribution is -2.41. The van der Waals surface area contributed by atoms with E-state index in [1.54, 1.807) is 25.4 Å². The number of nitrogens with one attached hydrogen (secondary N) is 2. The molecule has 4 rings (SSSR count). The minimum absolute atomic E-state index is 0.0698. The number of aromatic nitrogens is 2. The number of hydrogen-bond acceptors (Lipinski definition) is 5. The Bertz CT molecular complexity index is 1340. The molecule has 2 aromatic heterocycles. The van der Waals surface area contributed by atoms with Crippen molar-refractivity contribution in [3.8, 4) is 22.4 Å². The predicted molar refractivity (Wildman–Crippen MR) is 141 cm³/mol. The first-order valence-corrected chi connectivity index (χ1v) is 12.3. The van der Waals surface area contributed by atoms with Gasteiger partial charge >= 0.3 is 0 Å². The van der Waals surface area contributed by atoms with E-state index in [0.29, 0.717) is 10.7 Å². The normalized spacial score (nSPS) is 12.1. The van der Waals surface area contributed by atoms with E-state index in [0.717, 1.165) is 27.9 Å². The minimum Gasteiger partial charge on any atom is -0.341 e. The predicted octanol–water partition coefficient (Wildman–Crippen LogP) is 5.93. The van der Waals surface area contributed by atoms with Crippen LogP contribution in [0.1, 0.15) is 43.6 Å². The quantitative estimate of drug-likeness (QED) is 0.355. The first-order chi connectivity index (χ1) is 16.7. The summed E-state index contributed by atoms with van der Waals surface area (Å²) in [6.45, 7) is 7.95. The van der Waals surface area contributed by atoms with Gasteiger partial charge in [-0.1, -0.05) is 51.1 Å². The second kappa shape index (κ2) is 10.2. The highest BCUT2D eigenvalue weighted by molar-refractivity contribution is 7.14. The number of carbonyl (C=O) groups excluding carboxylic acids is 2. The van der Waals surface area contributed by atoms with Crippen molar-refractivity contribution in [2.75, 3.05) is 5.32 Å². The number of thiazole rings is 1. The number of pyridine rings is 1. The standard InChI is InChI=1S/C28H28N4O2S/c1-18(30-26(34)22-9-6-10-23(16-22)28(2,3)4)25(33)32-27-31-24(17-35-27)21-8-5-7-20(15-21)19-11-13-29-14-12-19/h5-18H,1-4H3,(H,30,34)(H,31,32,33)/t18-/m0/s1. The molecule has 6 nitrogen and oxygen atoms in total. The van der Waals surface area contributed by atoms with Gasteiger partial charge in [0.2, 0.25) is 5.91 Å². The lowest BCUT2D eigenvalue weighted by atomic mass is 9.86. The van der Waals surface area contributed by atoms with Crippen LogP contribution in [0, 0.1) is 0 Å². The Balaban J connectivity index is 1.41. The third kappa shape index (κ3) is 6.00. The molecular weight excluding hydrogens is 456 g/mol. The fourth-order valence-electron chi connectivity index (χ4n) is 3.55. The summed E-state index contributed by atoms with van der Waals surface area (Å²) in [4.78, 5) is 34.1. The maximum Gasteiger partial charge on any atom is 0.251 e. The fourth-order valence-corrected chi connectivity index (χ4v) is 4.27. The molecule has 0 unspecified atom stereocenters. The molecule has 1 atom stereocenters. The van der Waals surface area contributed by atoms with Crippen LogP contribution < -0.4 is 10.6 Å². The second-order valence-electron chi connectivity index (χ2n) is 9.37. The Kier molecular flexibility index (Phi) is 7.07. The third-order valence-electron chi connectivity index (χ3n) is 5.64. The molecule has 2 N–H and O–H groups in total. The first kappa shape index (κ1) is 24.3. The molecule has 4 aromatic rings. The molecule has 35 heavy (non-hydrogen) atoms. The topological polar surface area (TPSA) is 84.0 Å². The van der Waals surface area contributed by atoms with Gasteiger partial charge in [-0.2, -0.15) is 0 Å². The van der Waals surface area contributed by atoms with Gasteiger partial charge in [-0.3, -0.25) is 14.6 Å². The van der Waals surface area contributed by atoms with E-state index in [9.17, 15) is 9.59 Å². The first-order valence-electron chi connectivity index (χ1n) is 11.4. The molecule has 0 aliphatic rings. The number of rotatable bonds is 6. The van der Waals surface area contributed by atoms with Gasteiger partial charge in [0.25, 0.3) is 5.91 Å². The Hall–Kier alpha value is -3.84. The van der Waals surface area contributed by atoms with Gasteiger partial charge < -0.3 is 10.6 Å². The maximum atomic E-state index is 12.7. The van der Waals surface area contributed by atoms with Crippen LogP contribution in [-0.4, -0.2) is 27.8 Å². The van der Waals surface area contributed by atoms with Gasteiger partial charge in [0.05, 0.1) is 5.69 Å². The van der Waals surface area contributed by atoms with E-state index in [1.165, 1.54) is 11.3 Å². The van der Waals surface area contributed by atoms with Crippen LogP contribution >= 0.6 is 11.3 Å². The number of amides is 2. The maximum absolute atomic E-state index is 12.7. The summed E-state index contributed by atoms with van der Waals surface area (Å²) >= 11 is 1.35. The van der Waals surface area contributed by atoms with Crippen LogP contribution in [0.25, 0.3) is 22.4 Å². The van der Waals surface area contributed by atoms with Crippen molar-refractivity contribution in [3.05, 3.63) is 89.6 Å². The van der Waals surface area contributed by atoms with Gasteiger partial charge in [-0.05, 0) is 59.4 Å². The molecule has 0 saturated carbocycles. The summed E-state index contributed by atoms with van der Waals surface area (Å²) in [5.74, 6) is -0.608. The molecule has 2 heterocycles. The van der Waals surface area contributed by atoms with Crippen LogP contribution in [-0.2, 0) is 10.2 Å². The van der Waals surface area contributed by atoms with Crippen LogP contribution in [0.3, 0.4) is 0 Å². The van der Waals surface area contributed by atoms with Gasteiger partial charge in [-0.15, -0.1) is 11.3 Å². The number of nitrogens with zero attached hydrogens (tertiary/aromatic N) is 2. The smallest absolute Gasteiger partial charge is 0.251 e. The van der Waals surface area contributed by atoms with Crippen molar-refractivity contribution in [2.45, 2.75) is 39.2 Å². The monoisotopic (exact) mass is 484 g/mol. The highest BCUT2D eigenvalue weighted by Gasteiger charge is 2.20. The highest BCUT2D eigenvalue weighted by atomic mass is 32.1. The van der Waals surface area contributed by atoms with Crippen molar-refractivity contribution in [3.63, 3.8) is 0 Å². The lowest BCUT2D eigenvalue weighted by Gasteiger charge is -2.20.